The minimum atomic E-state index is -0.550. The van der Waals surface area contributed by atoms with E-state index in [0.29, 0.717) is 17.8 Å². The molecule has 2 aliphatic carbocycles. The molecular weight excluding hydrogens is 184 g/mol. The third-order valence-corrected chi connectivity index (χ3v) is 3.93. The third kappa shape index (κ3) is 1.22. The fourth-order valence-corrected chi connectivity index (χ4v) is 3.16. The largest absolute Gasteiger partial charge is 0.380 e. The van der Waals surface area contributed by atoms with Crippen LogP contribution in [0, 0.1) is 24.2 Å². The molecule has 1 aromatic rings. The minimum Gasteiger partial charge on any atom is -0.380 e. The van der Waals surface area contributed by atoms with E-state index in [1.54, 1.807) is 0 Å². The van der Waals surface area contributed by atoms with Crippen molar-refractivity contribution in [2.75, 3.05) is 0 Å². The van der Waals surface area contributed by atoms with Gasteiger partial charge in [0.15, 0.2) is 0 Å². The summed E-state index contributed by atoms with van der Waals surface area (Å²) < 4.78 is 0. The van der Waals surface area contributed by atoms with Gasteiger partial charge in [-0.25, -0.2) is 0 Å². The van der Waals surface area contributed by atoms with Crippen LogP contribution in [0.5, 0.6) is 0 Å². The highest BCUT2D eigenvalue weighted by Crippen LogP contribution is 2.61. The van der Waals surface area contributed by atoms with Crippen LogP contribution < -0.4 is 0 Å². The Bertz CT molecular complexity index is 429. The first kappa shape index (κ1) is 9.00. The lowest BCUT2D eigenvalue weighted by Crippen LogP contribution is -2.07. The number of rotatable bonds is 1. The number of hydrogen-bond acceptors (Lipinski definition) is 1. The molecule has 0 heterocycles. The molecule has 4 atom stereocenters. The van der Waals surface area contributed by atoms with Gasteiger partial charge >= 0.3 is 0 Å². The molecule has 0 bridgehead atoms. The first-order valence-corrected chi connectivity index (χ1v) is 5.55. The van der Waals surface area contributed by atoms with Gasteiger partial charge in [-0.2, -0.15) is 0 Å². The Kier molecular flexibility index (Phi) is 1.87. The van der Waals surface area contributed by atoms with E-state index in [1.807, 2.05) is 0 Å². The van der Waals surface area contributed by atoms with E-state index in [4.69, 9.17) is 6.42 Å². The highest BCUT2D eigenvalue weighted by molar-refractivity contribution is 5.40. The average molecular weight is 198 g/mol. The summed E-state index contributed by atoms with van der Waals surface area (Å²) in [6, 6.07) is 8.56. The summed E-state index contributed by atoms with van der Waals surface area (Å²) >= 11 is 0. The molecule has 1 saturated carbocycles. The van der Waals surface area contributed by atoms with Crippen molar-refractivity contribution >= 4 is 0 Å². The number of aryl methyl sites for hydroxylation is 1. The molecule has 1 N–H and O–H groups in total. The molecule has 15 heavy (non-hydrogen) atoms. The fourth-order valence-electron chi connectivity index (χ4n) is 3.16. The molecule has 0 aliphatic heterocycles. The molecule has 0 saturated heterocycles. The first-order valence-electron chi connectivity index (χ1n) is 5.55. The Hall–Kier alpha value is -1.26. The number of aliphatic hydroxyl groups excluding tert-OH is 1. The third-order valence-electron chi connectivity index (χ3n) is 3.93. The van der Waals surface area contributed by atoms with E-state index in [0.717, 1.165) is 6.42 Å². The zero-order chi connectivity index (χ0) is 10.4. The van der Waals surface area contributed by atoms with Gasteiger partial charge in [0, 0.05) is 5.92 Å². The zero-order valence-electron chi connectivity index (χ0n) is 8.56. The predicted molar refractivity (Wildman–Crippen MR) is 59.3 cm³/mol. The number of fused-ring (bicyclic) bond motifs is 3. The standard InChI is InChI=1S/C14H14O/c1-2-12(15)14-11-8-7-9-5-3-4-6-10(9)13(11)14/h1,3-6,11-15H,7-8H2. The lowest BCUT2D eigenvalue weighted by molar-refractivity contribution is 0.200. The molecule has 2 aliphatic rings. The number of hydrogen-bond donors (Lipinski definition) is 1. The van der Waals surface area contributed by atoms with Crippen LogP contribution in [-0.2, 0) is 6.42 Å². The van der Waals surface area contributed by atoms with Crippen LogP contribution in [0.4, 0.5) is 0 Å². The smallest absolute Gasteiger partial charge is 0.118 e. The maximum Gasteiger partial charge on any atom is 0.118 e. The predicted octanol–water partition coefficient (Wildman–Crippen LogP) is 1.96. The van der Waals surface area contributed by atoms with Gasteiger partial charge in [-0.15, -0.1) is 6.42 Å². The van der Waals surface area contributed by atoms with E-state index in [2.05, 4.69) is 30.2 Å². The molecule has 1 heteroatoms. The second kappa shape index (κ2) is 3.12. The van der Waals surface area contributed by atoms with E-state index in [1.165, 1.54) is 17.5 Å². The topological polar surface area (TPSA) is 20.2 Å². The average Bonchev–Trinajstić information content (AvgIpc) is 3.02. The summed E-state index contributed by atoms with van der Waals surface area (Å²) in [5, 5.41) is 9.72. The molecule has 4 unspecified atom stereocenters. The van der Waals surface area contributed by atoms with Gasteiger partial charge in [0.05, 0.1) is 0 Å². The van der Waals surface area contributed by atoms with Crippen LogP contribution >= 0.6 is 0 Å². The van der Waals surface area contributed by atoms with Crippen molar-refractivity contribution in [3.8, 4) is 12.3 Å². The maximum absolute atomic E-state index is 9.72. The molecule has 0 radical (unpaired) electrons. The SMILES string of the molecule is C#CC(O)C1C2CCc3ccccc3C21. The lowest BCUT2D eigenvalue weighted by Gasteiger charge is -2.13. The number of aliphatic hydroxyl groups is 1. The van der Waals surface area contributed by atoms with E-state index in [-0.39, 0.29) is 0 Å². The molecule has 0 amide bonds. The second-order valence-electron chi connectivity index (χ2n) is 4.62. The van der Waals surface area contributed by atoms with Crippen LogP contribution in [-0.4, -0.2) is 11.2 Å². The van der Waals surface area contributed by atoms with Crippen LogP contribution in [0.3, 0.4) is 0 Å². The fraction of sp³-hybridized carbons (Fsp3) is 0.429. The van der Waals surface area contributed by atoms with Crippen molar-refractivity contribution in [3.63, 3.8) is 0 Å². The van der Waals surface area contributed by atoms with Crippen LogP contribution in [0.15, 0.2) is 24.3 Å². The molecule has 0 aromatic heterocycles. The Morgan fingerprint density at radius 1 is 1.40 bits per heavy atom. The number of terminal acetylenes is 1. The Labute approximate surface area is 90.1 Å². The van der Waals surface area contributed by atoms with Gasteiger partial charge in [0.25, 0.3) is 0 Å². The molecule has 1 aromatic carbocycles. The molecular formula is C14H14O. The summed E-state index contributed by atoms with van der Waals surface area (Å²) in [6.07, 6.45) is 7.07. The monoisotopic (exact) mass is 198 g/mol. The molecule has 76 valence electrons. The van der Waals surface area contributed by atoms with E-state index < -0.39 is 6.10 Å². The van der Waals surface area contributed by atoms with Crippen molar-refractivity contribution in [2.24, 2.45) is 11.8 Å². The van der Waals surface area contributed by atoms with Gasteiger partial charge in [-0.1, -0.05) is 30.2 Å². The highest BCUT2D eigenvalue weighted by Gasteiger charge is 2.55. The highest BCUT2D eigenvalue weighted by atomic mass is 16.3. The molecule has 0 spiro atoms. The van der Waals surface area contributed by atoms with Crippen molar-refractivity contribution in [2.45, 2.75) is 24.9 Å². The van der Waals surface area contributed by atoms with Gasteiger partial charge < -0.3 is 5.11 Å². The van der Waals surface area contributed by atoms with E-state index >= 15 is 0 Å². The van der Waals surface area contributed by atoms with Crippen molar-refractivity contribution in [3.05, 3.63) is 35.4 Å². The van der Waals surface area contributed by atoms with Crippen LogP contribution in [0.2, 0.25) is 0 Å². The maximum atomic E-state index is 9.72. The van der Waals surface area contributed by atoms with Gasteiger partial charge in [0.1, 0.15) is 6.10 Å². The first-order chi connectivity index (χ1) is 7.33. The zero-order valence-corrected chi connectivity index (χ0v) is 8.56. The molecule has 1 fully saturated rings. The van der Waals surface area contributed by atoms with Crippen LogP contribution in [0.1, 0.15) is 23.5 Å². The molecule has 1 nitrogen and oxygen atoms in total. The van der Waals surface area contributed by atoms with Crippen molar-refractivity contribution < 1.29 is 5.11 Å². The van der Waals surface area contributed by atoms with Crippen molar-refractivity contribution in [1.82, 2.24) is 0 Å². The normalized spacial score (nSPS) is 33.5. The number of benzene rings is 1. The second-order valence-corrected chi connectivity index (χ2v) is 4.62. The quantitative estimate of drug-likeness (QED) is 0.684. The van der Waals surface area contributed by atoms with Gasteiger partial charge in [-0.3, -0.25) is 0 Å². The lowest BCUT2D eigenvalue weighted by atomic mass is 9.92. The Balaban J connectivity index is 1.94. The summed E-state index contributed by atoms with van der Waals surface area (Å²) in [6.45, 7) is 0. The van der Waals surface area contributed by atoms with E-state index in [9.17, 15) is 5.11 Å². The summed E-state index contributed by atoms with van der Waals surface area (Å²) in [5.41, 5.74) is 2.87. The van der Waals surface area contributed by atoms with Gasteiger partial charge in [-0.05, 0) is 35.8 Å². The Morgan fingerprint density at radius 3 is 3.00 bits per heavy atom. The summed E-state index contributed by atoms with van der Waals surface area (Å²) in [4.78, 5) is 0. The molecule has 3 rings (SSSR count). The summed E-state index contributed by atoms with van der Waals surface area (Å²) in [7, 11) is 0. The van der Waals surface area contributed by atoms with Gasteiger partial charge in [0.2, 0.25) is 0 Å². The minimum absolute atomic E-state index is 0.318. The Morgan fingerprint density at radius 2 is 2.20 bits per heavy atom. The summed E-state index contributed by atoms with van der Waals surface area (Å²) in [5.74, 6) is 3.95. The van der Waals surface area contributed by atoms with Crippen LogP contribution in [0.25, 0.3) is 0 Å². The van der Waals surface area contributed by atoms with Crippen molar-refractivity contribution in [1.29, 1.82) is 0 Å².